The van der Waals surface area contributed by atoms with Crippen LogP contribution >= 0.6 is 11.6 Å². The predicted molar refractivity (Wildman–Crippen MR) is 61.7 cm³/mol. The average molecular weight is 242 g/mol. The summed E-state index contributed by atoms with van der Waals surface area (Å²) in [6, 6.07) is 0. The number of nitrogens with one attached hydrogen (secondary N) is 1. The molecule has 1 aromatic heterocycles. The fraction of sp³-hybridized carbons (Fsp3) is 0.727. The van der Waals surface area contributed by atoms with Gasteiger partial charge in [-0.1, -0.05) is 11.6 Å². The van der Waals surface area contributed by atoms with Gasteiger partial charge in [-0.3, -0.25) is 0 Å². The van der Waals surface area contributed by atoms with Gasteiger partial charge in [0.05, 0.1) is 5.69 Å². The van der Waals surface area contributed by atoms with Crippen LogP contribution in [0.3, 0.4) is 0 Å². The molecular formula is C11H16ClN3O. The molecule has 2 N–H and O–H groups in total. The second kappa shape index (κ2) is 4.02. The molecule has 0 radical (unpaired) electrons. The van der Waals surface area contributed by atoms with E-state index in [1.54, 1.807) is 0 Å². The molecule has 0 aromatic carbocycles. The fourth-order valence-electron chi connectivity index (χ4n) is 2.76. The molecule has 0 aliphatic carbocycles. The Bertz CT molecular complexity index is 398. The van der Waals surface area contributed by atoms with Crippen molar-refractivity contribution in [1.82, 2.24) is 14.9 Å². The lowest BCUT2D eigenvalue weighted by Gasteiger charge is -2.24. The molecule has 2 unspecified atom stereocenters. The topological polar surface area (TPSA) is 50.1 Å². The maximum Gasteiger partial charge on any atom is 0.150 e. The molecule has 0 amide bonds. The van der Waals surface area contributed by atoms with Crippen LogP contribution in [0.15, 0.2) is 0 Å². The summed E-state index contributed by atoms with van der Waals surface area (Å²) in [4.78, 5) is 4.45. The Morgan fingerprint density at radius 1 is 1.44 bits per heavy atom. The van der Waals surface area contributed by atoms with Gasteiger partial charge in [-0.15, -0.1) is 0 Å². The van der Waals surface area contributed by atoms with Crippen molar-refractivity contribution in [3.8, 4) is 0 Å². The first-order valence-electron chi connectivity index (χ1n) is 5.92. The molecule has 1 saturated heterocycles. The molecule has 16 heavy (non-hydrogen) atoms. The van der Waals surface area contributed by atoms with Crippen molar-refractivity contribution in [3.05, 3.63) is 16.7 Å². The Balaban J connectivity index is 2.04. The number of imidazole rings is 1. The first-order chi connectivity index (χ1) is 7.77. The molecule has 2 aliphatic heterocycles. The Kier molecular flexibility index (Phi) is 2.65. The Labute approximate surface area is 99.6 Å². The highest BCUT2D eigenvalue weighted by atomic mass is 35.5. The van der Waals surface area contributed by atoms with Gasteiger partial charge in [0.15, 0.2) is 5.15 Å². The third-order valence-corrected chi connectivity index (χ3v) is 3.89. The van der Waals surface area contributed by atoms with Crippen molar-refractivity contribution in [2.24, 2.45) is 0 Å². The number of rotatable bonds is 1. The first kappa shape index (κ1) is 10.6. The van der Waals surface area contributed by atoms with Gasteiger partial charge in [0.2, 0.25) is 0 Å². The van der Waals surface area contributed by atoms with Crippen LogP contribution in [0.25, 0.3) is 0 Å². The lowest BCUT2D eigenvalue weighted by molar-refractivity contribution is 0.0748. The number of halogens is 1. The molecule has 4 nitrogen and oxygen atoms in total. The number of aromatic nitrogens is 2. The SMILES string of the molecule is OC1CCCc2c(Cl)nc(C3CCNC3)n21. The highest BCUT2D eigenvalue weighted by molar-refractivity contribution is 6.30. The molecule has 0 bridgehead atoms. The smallest absolute Gasteiger partial charge is 0.150 e. The summed E-state index contributed by atoms with van der Waals surface area (Å²) in [7, 11) is 0. The maximum absolute atomic E-state index is 10.1. The van der Waals surface area contributed by atoms with E-state index in [9.17, 15) is 5.11 Å². The van der Waals surface area contributed by atoms with E-state index < -0.39 is 6.23 Å². The molecule has 1 fully saturated rings. The monoisotopic (exact) mass is 241 g/mol. The number of hydrogen-bond acceptors (Lipinski definition) is 3. The number of nitrogens with zero attached hydrogens (tertiary/aromatic N) is 2. The van der Waals surface area contributed by atoms with Gasteiger partial charge >= 0.3 is 0 Å². The van der Waals surface area contributed by atoms with Crippen LogP contribution in [0.2, 0.25) is 5.15 Å². The summed E-state index contributed by atoms with van der Waals surface area (Å²) in [5.41, 5.74) is 1.02. The molecule has 2 aliphatic rings. The van der Waals surface area contributed by atoms with Crippen molar-refractivity contribution < 1.29 is 5.11 Å². The van der Waals surface area contributed by atoms with E-state index in [4.69, 9.17) is 11.6 Å². The highest BCUT2D eigenvalue weighted by Crippen LogP contribution is 2.34. The van der Waals surface area contributed by atoms with E-state index in [0.717, 1.165) is 50.3 Å². The number of hydrogen-bond donors (Lipinski definition) is 2. The van der Waals surface area contributed by atoms with Crippen LogP contribution in [-0.4, -0.2) is 27.7 Å². The van der Waals surface area contributed by atoms with E-state index in [1.807, 2.05) is 4.57 Å². The lowest BCUT2D eigenvalue weighted by Crippen LogP contribution is -2.21. The van der Waals surface area contributed by atoms with E-state index in [-0.39, 0.29) is 0 Å². The molecule has 1 aromatic rings. The highest BCUT2D eigenvalue weighted by Gasteiger charge is 2.30. The zero-order valence-electron chi connectivity index (χ0n) is 9.12. The van der Waals surface area contributed by atoms with E-state index in [1.165, 1.54) is 0 Å². The van der Waals surface area contributed by atoms with Gasteiger partial charge in [0.1, 0.15) is 12.1 Å². The molecule has 2 atom stereocenters. The summed E-state index contributed by atoms with van der Waals surface area (Å²) < 4.78 is 1.96. The molecule has 3 heterocycles. The zero-order valence-corrected chi connectivity index (χ0v) is 9.87. The second-order valence-electron chi connectivity index (χ2n) is 4.64. The van der Waals surface area contributed by atoms with Gasteiger partial charge in [-0.25, -0.2) is 4.98 Å². The first-order valence-corrected chi connectivity index (χ1v) is 6.30. The van der Waals surface area contributed by atoms with Gasteiger partial charge in [0, 0.05) is 12.5 Å². The van der Waals surface area contributed by atoms with Crippen molar-refractivity contribution in [2.75, 3.05) is 13.1 Å². The van der Waals surface area contributed by atoms with Gasteiger partial charge in [-0.05, 0) is 32.2 Å². The lowest BCUT2D eigenvalue weighted by atomic mass is 10.1. The zero-order chi connectivity index (χ0) is 11.1. The minimum atomic E-state index is -0.431. The van der Waals surface area contributed by atoms with Crippen molar-refractivity contribution >= 4 is 11.6 Å². The largest absolute Gasteiger partial charge is 0.373 e. The molecule has 0 saturated carbocycles. The molecule has 5 heteroatoms. The quantitative estimate of drug-likeness (QED) is 0.782. The standard InChI is InChI=1S/C11H16ClN3O/c12-10-8-2-1-3-9(16)15(8)11(14-10)7-4-5-13-6-7/h7,9,13,16H,1-6H2. The Hall–Kier alpha value is -0.580. The average Bonchev–Trinajstić information content (AvgIpc) is 2.87. The number of aliphatic hydroxyl groups is 1. The summed E-state index contributed by atoms with van der Waals surface area (Å²) >= 11 is 6.14. The van der Waals surface area contributed by atoms with Crippen LogP contribution in [0.4, 0.5) is 0 Å². The fourth-order valence-corrected chi connectivity index (χ4v) is 3.03. The third-order valence-electron chi connectivity index (χ3n) is 3.59. The van der Waals surface area contributed by atoms with Crippen LogP contribution < -0.4 is 5.32 Å². The van der Waals surface area contributed by atoms with Gasteiger partial charge in [0.25, 0.3) is 0 Å². The van der Waals surface area contributed by atoms with Crippen molar-refractivity contribution in [2.45, 2.75) is 37.8 Å². The third kappa shape index (κ3) is 1.56. The van der Waals surface area contributed by atoms with E-state index >= 15 is 0 Å². The summed E-state index contributed by atoms with van der Waals surface area (Å²) in [5, 5.41) is 14.0. The number of fused-ring (bicyclic) bond motifs is 1. The van der Waals surface area contributed by atoms with Crippen molar-refractivity contribution in [3.63, 3.8) is 0 Å². The van der Waals surface area contributed by atoms with Crippen LogP contribution in [0.5, 0.6) is 0 Å². The minimum Gasteiger partial charge on any atom is -0.373 e. The van der Waals surface area contributed by atoms with Crippen LogP contribution in [0, 0.1) is 0 Å². The second-order valence-corrected chi connectivity index (χ2v) is 5.00. The predicted octanol–water partition coefficient (Wildman–Crippen LogP) is 1.44. The van der Waals surface area contributed by atoms with Crippen LogP contribution in [-0.2, 0) is 6.42 Å². The van der Waals surface area contributed by atoms with Crippen LogP contribution in [0.1, 0.15) is 42.9 Å². The van der Waals surface area contributed by atoms with E-state index in [0.29, 0.717) is 11.1 Å². The summed E-state index contributed by atoms with van der Waals surface area (Å²) in [6.45, 7) is 1.97. The normalized spacial score (nSPS) is 29.4. The van der Waals surface area contributed by atoms with E-state index in [2.05, 4.69) is 10.3 Å². The number of aliphatic hydroxyl groups excluding tert-OH is 1. The maximum atomic E-state index is 10.1. The molecule has 88 valence electrons. The Morgan fingerprint density at radius 3 is 3.06 bits per heavy atom. The molecular weight excluding hydrogens is 226 g/mol. The van der Waals surface area contributed by atoms with Gasteiger partial charge in [-0.2, -0.15) is 0 Å². The van der Waals surface area contributed by atoms with Gasteiger partial charge < -0.3 is 15.0 Å². The van der Waals surface area contributed by atoms with Crippen molar-refractivity contribution in [1.29, 1.82) is 0 Å². The summed E-state index contributed by atoms with van der Waals surface area (Å²) in [6.07, 6.45) is 3.39. The minimum absolute atomic E-state index is 0.402. The Morgan fingerprint density at radius 2 is 2.31 bits per heavy atom. The summed E-state index contributed by atoms with van der Waals surface area (Å²) in [5.74, 6) is 1.37. The molecule has 0 spiro atoms. The molecule has 3 rings (SSSR count).